The average molecular weight is 280 g/mol. The van der Waals surface area contributed by atoms with Crippen LogP contribution in [0.4, 0.5) is 5.69 Å². The maximum atomic E-state index is 11.6. The van der Waals surface area contributed by atoms with Gasteiger partial charge >= 0.3 is 5.97 Å². The van der Waals surface area contributed by atoms with Crippen LogP contribution in [0.3, 0.4) is 0 Å². The van der Waals surface area contributed by atoms with Crippen molar-refractivity contribution in [3.8, 4) is 5.75 Å². The molecule has 0 aromatic heterocycles. The summed E-state index contributed by atoms with van der Waals surface area (Å²) in [6, 6.07) is 5.54. The fraction of sp³-hybridized carbons (Fsp3) is 0.462. The van der Waals surface area contributed by atoms with E-state index < -0.39 is 11.0 Å². The fourth-order valence-corrected chi connectivity index (χ4v) is 1.70. The van der Waals surface area contributed by atoms with Crippen LogP contribution in [0.2, 0.25) is 0 Å². The number of methoxy groups -OCH3 is 1. The minimum Gasteiger partial charge on any atom is -0.491 e. The maximum absolute atomic E-state index is 11.6. The topological polar surface area (TPSA) is 90.7 Å². The first kappa shape index (κ1) is 14.3. The van der Waals surface area contributed by atoms with Crippen LogP contribution < -0.4 is 10.1 Å². The Labute approximate surface area is 116 Å². The first-order valence-corrected chi connectivity index (χ1v) is 6.31. The summed E-state index contributed by atoms with van der Waals surface area (Å²) in [7, 11) is 1.33. The third-order valence-electron chi connectivity index (χ3n) is 2.96. The molecular formula is C13H16N2O5. The highest BCUT2D eigenvalue weighted by Gasteiger charge is 2.29. The van der Waals surface area contributed by atoms with E-state index in [0.717, 1.165) is 12.8 Å². The zero-order chi connectivity index (χ0) is 14.5. The normalized spacial score (nSPS) is 15.4. The first-order chi connectivity index (χ1) is 9.60. The number of hydrogen-bond donors (Lipinski definition) is 1. The molecule has 0 radical (unpaired) electrons. The van der Waals surface area contributed by atoms with Crippen molar-refractivity contribution in [3.63, 3.8) is 0 Å². The van der Waals surface area contributed by atoms with Gasteiger partial charge in [0, 0.05) is 18.2 Å². The van der Waals surface area contributed by atoms with Crippen LogP contribution in [0, 0.1) is 10.1 Å². The Morgan fingerprint density at radius 1 is 1.45 bits per heavy atom. The molecule has 0 heterocycles. The van der Waals surface area contributed by atoms with E-state index in [0.29, 0.717) is 11.8 Å². The molecule has 1 aromatic rings. The van der Waals surface area contributed by atoms with Gasteiger partial charge in [0.25, 0.3) is 5.69 Å². The zero-order valence-electron chi connectivity index (χ0n) is 11.1. The SMILES string of the molecule is COC(=O)C(COc1ccc([N+](=O)[O-])cc1)NC1CC1. The lowest BCUT2D eigenvalue weighted by Crippen LogP contribution is -2.43. The number of nitro groups is 1. The summed E-state index contributed by atoms with van der Waals surface area (Å²) in [6.07, 6.45) is 2.09. The molecule has 1 saturated carbocycles. The van der Waals surface area contributed by atoms with E-state index in [4.69, 9.17) is 9.47 Å². The summed E-state index contributed by atoms with van der Waals surface area (Å²) >= 11 is 0. The Morgan fingerprint density at radius 2 is 2.10 bits per heavy atom. The van der Waals surface area contributed by atoms with Crippen LogP contribution in [-0.2, 0) is 9.53 Å². The molecule has 1 N–H and O–H groups in total. The largest absolute Gasteiger partial charge is 0.491 e. The fourth-order valence-electron chi connectivity index (χ4n) is 1.70. The summed E-state index contributed by atoms with van der Waals surface area (Å²) in [5.41, 5.74) is -0.00188. The Morgan fingerprint density at radius 3 is 2.60 bits per heavy atom. The van der Waals surface area contributed by atoms with Crippen LogP contribution in [-0.4, -0.2) is 36.7 Å². The monoisotopic (exact) mass is 280 g/mol. The minimum atomic E-state index is -0.525. The molecule has 7 heteroatoms. The number of nitrogens with zero attached hydrogens (tertiary/aromatic N) is 1. The van der Waals surface area contributed by atoms with Crippen LogP contribution in [0.5, 0.6) is 5.75 Å². The average Bonchev–Trinajstić information content (AvgIpc) is 3.27. The van der Waals surface area contributed by atoms with Crippen molar-refractivity contribution in [1.82, 2.24) is 5.32 Å². The van der Waals surface area contributed by atoms with Crippen molar-refractivity contribution in [2.24, 2.45) is 0 Å². The summed E-state index contributed by atoms with van der Waals surface area (Å²) in [5.74, 6) is 0.0981. The number of non-ortho nitro benzene ring substituents is 1. The third-order valence-corrected chi connectivity index (χ3v) is 2.96. The summed E-state index contributed by atoms with van der Waals surface area (Å²) < 4.78 is 10.2. The van der Waals surface area contributed by atoms with Gasteiger partial charge in [0.2, 0.25) is 0 Å². The van der Waals surface area contributed by atoms with Crippen molar-refractivity contribution >= 4 is 11.7 Å². The number of ether oxygens (including phenoxy) is 2. The van der Waals surface area contributed by atoms with Crippen molar-refractivity contribution in [2.75, 3.05) is 13.7 Å². The van der Waals surface area contributed by atoms with Crippen LogP contribution in [0.15, 0.2) is 24.3 Å². The van der Waals surface area contributed by atoms with Gasteiger partial charge in [0.15, 0.2) is 0 Å². The van der Waals surface area contributed by atoms with Gasteiger partial charge < -0.3 is 9.47 Å². The van der Waals surface area contributed by atoms with Crippen LogP contribution >= 0.6 is 0 Å². The quantitative estimate of drug-likeness (QED) is 0.459. The maximum Gasteiger partial charge on any atom is 0.326 e. The summed E-state index contributed by atoms with van der Waals surface area (Å²) in [6.45, 7) is 0.126. The molecule has 1 fully saturated rings. The molecule has 20 heavy (non-hydrogen) atoms. The van der Waals surface area contributed by atoms with E-state index in [1.807, 2.05) is 0 Å². The molecule has 1 unspecified atom stereocenters. The van der Waals surface area contributed by atoms with E-state index in [9.17, 15) is 14.9 Å². The molecule has 2 rings (SSSR count). The van der Waals surface area contributed by atoms with Gasteiger partial charge in [0.05, 0.1) is 12.0 Å². The molecule has 1 atom stereocenters. The zero-order valence-corrected chi connectivity index (χ0v) is 11.1. The van der Waals surface area contributed by atoms with Gasteiger partial charge in [-0.1, -0.05) is 0 Å². The molecule has 0 spiro atoms. The van der Waals surface area contributed by atoms with Crippen LogP contribution in [0.1, 0.15) is 12.8 Å². The lowest BCUT2D eigenvalue weighted by molar-refractivity contribution is -0.384. The first-order valence-electron chi connectivity index (χ1n) is 6.31. The second-order valence-electron chi connectivity index (χ2n) is 4.58. The summed E-state index contributed by atoms with van der Waals surface area (Å²) in [5, 5.41) is 13.7. The predicted octanol–water partition coefficient (Wildman–Crippen LogP) is 1.27. The molecular weight excluding hydrogens is 264 g/mol. The molecule has 7 nitrogen and oxygen atoms in total. The standard InChI is InChI=1S/C13H16N2O5/c1-19-13(16)12(14-9-2-3-9)8-20-11-6-4-10(5-7-11)15(17)18/h4-7,9,12,14H,2-3,8H2,1H3. The van der Waals surface area contributed by atoms with E-state index in [2.05, 4.69) is 5.32 Å². The van der Waals surface area contributed by atoms with Gasteiger partial charge in [-0.2, -0.15) is 0 Å². The molecule has 1 aliphatic carbocycles. The Balaban J connectivity index is 1.90. The highest BCUT2D eigenvalue weighted by atomic mass is 16.6. The number of rotatable bonds is 7. The molecule has 0 aliphatic heterocycles. The molecule has 1 aromatic carbocycles. The number of esters is 1. The van der Waals surface area contributed by atoms with Gasteiger partial charge in [-0.05, 0) is 25.0 Å². The Hall–Kier alpha value is -2.15. The van der Waals surface area contributed by atoms with Gasteiger partial charge in [-0.15, -0.1) is 0 Å². The van der Waals surface area contributed by atoms with Crippen molar-refractivity contribution in [1.29, 1.82) is 0 Å². The molecule has 0 bridgehead atoms. The highest BCUT2D eigenvalue weighted by Crippen LogP contribution is 2.21. The van der Waals surface area contributed by atoms with E-state index >= 15 is 0 Å². The second kappa shape index (κ2) is 6.33. The third kappa shape index (κ3) is 3.92. The Bertz CT molecular complexity index is 484. The van der Waals surface area contributed by atoms with Gasteiger partial charge in [-0.25, -0.2) is 0 Å². The van der Waals surface area contributed by atoms with Gasteiger partial charge in [-0.3, -0.25) is 20.2 Å². The number of hydrogen-bond acceptors (Lipinski definition) is 6. The highest BCUT2D eigenvalue weighted by molar-refractivity contribution is 5.76. The van der Waals surface area contributed by atoms with Crippen molar-refractivity contribution in [2.45, 2.75) is 24.9 Å². The smallest absolute Gasteiger partial charge is 0.326 e. The lowest BCUT2D eigenvalue weighted by atomic mass is 10.3. The van der Waals surface area contributed by atoms with E-state index in [1.54, 1.807) is 0 Å². The number of carbonyl (C=O) groups is 1. The van der Waals surface area contributed by atoms with Gasteiger partial charge in [0.1, 0.15) is 18.4 Å². The number of benzene rings is 1. The number of nitro benzene ring substituents is 1. The van der Waals surface area contributed by atoms with E-state index in [1.165, 1.54) is 31.4 Å². The molecule has 0 amide bonds. The Kier molecular flexibility index (Phi) is 4.52. The second-order valence-corrected chi connectivity index (χ2v) is 4.58. The molecule has 1 aliphatic rings. The van der Waals surface area contributed by atoms with E-state index in [-0.39, 0.29) is 18.3 Å². The van der Waals surface area contributed by atoms with Crippen molar-refractivity contribution < 1.29 is 19.2 Å². The van der Waals surface area contributed by atoms with Crippen molar-refractivity contribution in [3.05, 3.63) is 34.4 Å². The molecule has 0 saturated heterocycles. The van der Waals surface area contributed by atoms with Crippen LogP contribution in [0.25, 0.3) is 0 Å². The predicted molar refractivity (Wildman–Crippen MR) is 70.6 cm³/mol. The lowest BCUT2D eigenvalue weighted by Gasteiger charge is -2.16. The minimum absolute atomic E-state index is 0.00188. The summed E-state index contributed by atoms with van der Waals surface area (Å²) in [4.78, 5) is 21.6. The number of nitrogens with one attached hydrogen (secondary N) is 1. The molecule has 108 valence electrons. The number of carbonyl (C=O) groups excluding carboxylic acids is 1.